The Morgan fingerprint density at radius 3 is 2.56 bits per heavy atom. The Hall–Kier alpha value is -2.08. The highest BCUT2D eigenvalue weighted by Crippen LogP contribution is 2.36. The SMILES string of the molecule is [c]1cccc(-c2ccc3c4c(cccc24)CC3)c1. The zero-order valence-electron chi connectivity index (χ0n) is 10.1. The fraction of sp³-hybridized carbons (Fsp3) is 0.111. The van der Waals surface area contributed by atoms with Crippen LogP contribution in [0.15, 0.2) is 54.6 Å². The number of aryl methyl sites for hydroxylation is 2. The second-order valence-corrected chi connectivity index (χ2v) is 4.90. The molecule has 0 spiro atoms. The standard InChI is InChI=1S/C18H13/c1-2-5-13(6-3-1)16-12-11-15-10-9-14-7-4-8-17(16)18(14)15/h1-2,4-8,11-12H,9-10H2. The molecule has 0 saturated carbocycles. The third-order valence-electron chi connectivity index (χ3n) is 3.89. The van der Waals surface area contributed by atoms with Gasteiger partial charge in [0.05, 0.1) is 0 Å². The zero-order chi connectivity index (χ0) is 11.9. The second-order valence-electron chi connectivity index (χ2n) is 4.90. The molecule has 85 valence electrons. The average molecular weight is 229 g/mol. The van der Waals surface area contributed by atoms with Gasteiger partial charge in [0.15, 0.2) is 0 Å². The van der Waals surface area contributed by atoms with Gasteiger partial charge in [0.2, 0.25) is 0 Å². The third kappa shape index (κ3) is 1.32. The zero-order valence-corrected chi connectivity index (χ0v) is 10.1. The molecule has 0 bridgehead atoms. The summed E-state index contributed by atoms with van der Waals surface area (Å²) < 4.78 is 0. The van der Waals surface area contributed by atoms with Crippen LogP contribution in [0.1, 0.15) is 11.1 Å². The van der Waals surface area contributed by atoms with E-state index >= 15 is 0 Å². The molecule has 0 aliphatic heterocycles. The Labute approximate surface area is 107 Å². The Morgan fingerprint density at radius 1 is 0.833 bits per heavy atom. The molecule has 3 aromatic carbocycles. The average Bonchev–Trinajstić information content (AvgIpc) is 2.86. The van der Waals surface area contributed by atoms with E-state index in [0.717, 1.165) is 0 Å². The minimum Gasteiger partial charge on any atom is -0.0613 e. The fourth-order valence-corrected chi connectivity index (χ4v) is 3.06. The van der Waals surface area contributed by atoms with E-state index in [0.29, 0.717) is 0 Å². The number of hydrogen-bond donors (Lipinski definition) is 0. The van der Waals surface area contributed by atoms with Crippen molar-refractivity contribution in [3.8, 4) is 11.1 Å². The molecular formula is C18H13. The Bertz CT molecular complexity index is 713. The summed E-state index contributed by atoms with van der Waals surface area (Å²) >= 11 is 0. The Balaban J connectivity index is 2.10. The number of hydrogen-bond acceptors (Lipinski definition) is 0. The van der Waals surface area contributed by atoms with Gasteiger partial charge in [-0.2, -0.15) is 0 Å². The van der Waals surface area contributed by atoms with E-state index in [-0.39, 0.29) is 0 Å². The quantitative estimate of drug-likeness (QED) is 0.580. The molecular weight excluding hydrogens is 216 g/mol. The molecule has 4 rings (SSSR count). The molecule has 0 unspecified atom stereocenters. The molecule has 0 heteroatoms. The van der Waals surface area contributed by atoms with Crippen LogP contribution < -0.4 is 0 Å². The van der Waals surface area contributed by atoms with E-state index in [1.807, 2.05) is 6.07 Å². The van der Waals surface area contributed by atoms with Crippen LogP contribution in [0.5, 0.6) is 0 Å². The highest BCUT2D eigenvalue weighted by atomic mass is 14.2. The van der Waals surface area contributed by atoms with Gasteiger partial charge in [-0.3, -0.25) is 0 Å². The van der Waals surface area contributed by atoms with Crippen molar-refractivity contribution in [3.63, 3.8) is 0 Å². The van der Waals surface area contributed by atoms with Gasteiger partial charge in [-0.15, -0.1) is 0 Å². The Kier molecular flexibility index (Phi) is 2.04. The van der Waals surface area contributed by atoms with E-state index in [1.165, 1.54) is 45.9 Å². The van der Waals surface area contributed by atoms with Crippen molar-refractivity contribution in [3.05, 3.63) is 71.8 Å². The van der Waals surface area contributed by atoms with Crippen molar-refractivity contribution in [2.45, 2.75) is 12.8 Å². The summed E-state index contributed by atoms with van der Waals surface area (Å²) in [4.78, 5) is 0. The van der Waals surface area contributed by atoms with Gasteiger partial charge in [0, 0.05) is 0 Å². The van der Waals surface area contributed by atoms with Crippen molar-refractivity contribution < 1.29 is 0 Å². The summed E-state index contributed by atoms with van der Waals surface area (Å²) in [5.74, 6) is 0. The van der Waals surface area contributed by atoms with Crippen LogP contribution in [-0.2, 0) is 12.8 Å². The monoisotopic (exact) mass is 229 g/mol. The molecule has 0 atom stereocenters. The molecule has 1 radical (unpaired) electrons. The molecule has 1 aliphatic carbocycles. The first-order chi connectivity index (χ1) is 8.93. The van der Waals surface area contributed by atoms with Crippen LogP contribution >= 0.6 is 0 Å². The van der Waals surface area contributed by atoms with Crippen molar-refractivity contribution >= 4 is 10.8 Å². The van der Waals surface area contributed by atoms with Crippen LogP contribution in [0.2, 0.25) is 0 Å². The summed E-state index contributed by atoms with van der Waals surface area (Å²) in [6.07, 6.45) is 2.38. The predicted octanol–water partition coefficient (Wildman–Crippen LogP) is 4.41. The summed E-state index contributed by atoms with van der Waals surface area (Å²) in [6, 6.07) is 22.6. The van der Waals surface area contributed by atoms with Gasteiger partial charge in [-0.1, -0.05) is 48.5 Å². The van der Waals surface area contributed by atoms with E-state index in [1.54, 1.807) is 0 Å². The second kappa shape index (κ2) is 3.71. The lowest BCUT2D eigenvalue weighted by atomic mass is 9.95. The highest BCUT2D eigenvalue weighted by molar-refractivity contribution is 6.01. The van der Waals surface area contributed by atoms with Crippen LogP contribution in [0, 0.1) is 6.07 Å². The van der Waals surface area contributed by atoms with E-state index in [2.05, 4.69) is 54.6 Å². The van der Waals surface area contributed by atoms with Crippen molar-refractivity contribution in [2.24, 2.45) is 0 Å². The lowest BCUT2D eigenvalue weighted by molar-refractivity contribution is 1.02. The topological polar surface area (TPSA) is 0 Å². The van der Waals surface area contributed by atoms with E-state index in [4.69, 9.17) is 0 Å². The minimum absolute atomic E-state index is 1.19. The molecule has 0 heterocycles. The maximum absolute atomic E-state index is 3.17. The third-order valence-corrected chi connectivity index (χ3v) is 3.89. The van der Waals surface area contributed by atoms with E-state index < -0.39 is 0 Å². The normalized spacial score (nSPS) is 13.1. The molecule has 0 saturated heterocycles. The molecule has 1 aliphatic rings. The molecule has 0 N–H and O–H groups in total. The maximum atomic E-state index is 3.17. The van der Waals surface area contributed by atoms with Gasteiger partial charge in [-0.05, 0) is 58.0 Å². The van der Waals surface area contributed by atoms with Crippen molar-refractivity contribution in [1.29, 1.82) is 0 Å². The Morgan fingerprint density at radius 2 is 1.72 bits per heavy atom. The van der Waals surface area contributed by atoms with Crippen LogP contribution in [0.4, 0.5) is 0 Å². The van der Waals surface area contributed by atoms with Gasteiger partial charge in [0.1, 0.15) is 0 Å². The molecule has 0 nitrogen and oxygen atoms in total. The first-order valence-electron chi connectivity index (χ1n) is 6.43. The maximum Gasteiger partial charge on any atom is -0.00999 e. The van der Waals surface area contributed by atoms with Crippen molar-refractivity contribution in [2.75, 3.05) is 0 Å². The van der Waals surface area contributed by atoms with Crippen LogP contribution in [-0.4, -0.2) is 0 Å². The number of rotatable bonds is 1. The summed E-state index contributed by atoms with van der Waals surface area (Å²) in [7, 11) is 0. The summed E-state index contributed by atoms with van der Waals surface area (Å²) in [5.41, 5.74) is 5.59. The van der Waals surface area contributed by atoms with Gasteiger partial charge < -0.3 is 0 Å². The van der Waals surface area contributed by atoms with Gasteiger partial charge in [0.25, 0.3) is 0 Å². The lowest BCUT2D eigenvalue weighted by Gasteiger charge is -2.09. The van der Waals surface area contributed by atoms with Crippen LogP contribution in [0.3, 0.4) is 0 Å². The highest BCUT2D eigenvalue weighted by Gasteiger charge is 2.15. The lowest BCUT2D eigenvalue weighted by Crippen LogP contribution is -1.84. The van der Waals surface area contributed by atoms with Crippen LogP contribution in [0.25, 0.3) is 21.9 Å². The number of benzene rings is 3. The summed E-state index contributed by atoms with van der Waals surface area (Å²) in [5, 5.41) is 2.88. The molecule has 0 amide bonds. The largest absolute Gasteiger partial charge is 0.0613 e. The first kappa shape index (κ1) is 9.90. The first-order valence-corrected chi connectivity index (χ1v) is 6.43. The molecule has 0 fully saturated rings. The summed E-state index contributed by atoms with van der Waals surface area (Å²) in [6.45, 7) is 0. The molecule has 18 heavy (non-hydrogen) atoms. The van der Waals surface area contributed by atoms with Gasteiger partial charge in [-0.25, -0.2) is 0 Å². The molecule has 3 aromatic rings. The minimum atomic E-state index is 1.19. The molecule has 0 aromatic heterocycles. The fourth-order valence-electron chi connectivity index (χ4n) is 3.06. The smallest absolute Gasteiger partial charge is 0.00999 e. The van der Waals surface area contributed by atoms with Gasteiger partial charge >= 0.3 is 0 Å². The van der Waals surface area contributed by atoms with Crippen molar-refractivity contribution in [1.82, 2.24) is 0 Å². The predicted molar refractivity (Wildman–Crippen MR) is 75.6 cm³/mol. The van der Waals surface area contributed by atoms with E-state index in [9.17, 15) is 0 Å².